The molecule has 1 aromatic heterocycles. The summed E-state index contributed by atoms with van der Waals surface area (Å²) < 4.78 is 0.998. The Morgan fingerprint density at radius 2 is 1.65 bits per heavy atom. The van der Waals surface area contributed by atoms with Crippen LogP contribution in [0.15, 0.2) is 112 Å². The van der Waals surface area contributed by atoms with Crippen molar-refractivity contribution in [1.82, 2.24) is 20.2 Å². The van der Waals surface area contributed by atoms with Crippen molar-refractivity contribution in [2.75, 3.05) is 5.75 Å². The smallest absolute Gasteiger partial charge is 0.253 e. The molecule has 8 heteroatoms. The number of benzene rings is 4. The van der Waals surface area contributed by atoms with Crippen molar-refractivity contribution >= 4 is 50.1 Å². The number of carbonyl (C=O) groups is 1. The van der Waals surface area contributed by atoms with Crippen LogP contribution in [0.4, 0.5) is 0 Å². The number of H-pyrrole nitrogens is 1. The first kappa shape index (κ1) is 23.6. The van der Waals surface area contributed by atoms with E-state index in [1.807, 2.05) is 54.6 Å². The number of rotatable bonds is 6. The average Bonchev–Trinajstić information content (AvgIpc) is 3.61. The first-order valence-electron chi connectivity index (χ1n) is 11.9. The predicted molar refractivity (Wildman–Crippen MR) is 151 cm³/mol. The largest absolute Gasteiger partial charge is 0.272 e. The highest BCUT2D eigenvalue weighted by atomic mass is 79.9. The van der Waals surface area contributed by atoms with Gasteiger partial charge in [0.25, 0.3) is 5.91 Å². The number of carbonyl (C=O) groups excluding carboxylic acids is 1. The van der Waals surface area contributed by atoms with Crippen LogP contribution >= 0.6 is 27.7 Å². The zero-order chi connectivity index (χ0) is 25.2. The van der Waals surface area contributed by atoms with E-state index >= 15 is 0 Å². The summed E-state index contributed by atoms with van der Waals surface area (Å²) in [6.45, 7) is 0. The van der Waals surface area contributed by atoms with Gasteiger partial charge in [-0.1, -0.05) is 107 Å². The third kappa shape index (κ3) is 5.08. The van der Waals surface area contributed by atoms with Crippen molar-refractivity contribution < 1.29 is 4.79 Å². The molecule has 0 saturated carbocycles. The predicted octanol–water partition coefficient (Wildman–Crippen LogP) is 6.86. The van der Waals surface area contributed by atoms with Gasteiger partial charge < -0.3 is 0 Å². The van der Waals surface area contributed by atoms with Crippen molar-refractivity contribution in [3.63, 3.8) is 0 Å². The zero-order valence-electron chi connectivity index (χ0n) is 19.7. The van der Waals surface area contributed by atoms with Gasteiger partial charge in [0.1, 0.15) is 0 Å². The summed E-state index contributed by atoms with van der Waals surface area (Å²) in [6.07, 6.45) is 0.660. The van der Waals surface area contributed by atoms with E-state index in [-0.39, 0.29) is 17.7 Å². The molecule has 1 aliphatic rings. The molecule has 37 heavy (non-hydrogen) atoms. The SMILES string of the molecule is O=C(CSc1n[nH]c(-c2ccc(Br)cc2)n1)N1N=C(c2ccc3ccccc3c2)C[C@@H]1c1ccccc1. The number of amides is 1. The topological polar surface area (TPSA) is 74.2 Å². The first-order valence-corrected chi connectivity index (χ1v) is 13.7. The number of aromatic nitrogens is 3. The number of hydrogen-bond acceptors (Lipinski definition) is 5. The Balaban J connectivity index is 1.23. The molecule has 6 rings (SSSR count). The Bertz CT molecular complexity index is 1600. The second-order valence-electron chi connectivity index (χ2n) is 8.74. The number of hydrazone groups is 1. The molecule has 0 radical (unpaired) electrons. The summed E-state index contributed by atoms with van der Waals surface area (Å²) in [5.41, 5.74) is 3.95. The van der Waals surface area contributed by atoms with Gasteiger partial charge in [0, 0.05) is 16.5 Å². The Kier molecular flexibility index (Phi) is 6.59. The molecule has 182 valence electrons. The molecule has 6 nitrogen and oxygen atoms in total. The summed E-state index contributed by atoms with van der Waals surface area (Å²) in [6, 6.07) is 32.4. The van der Waals surface area contributed by atoms with Gasteiger partial charge in [-0.2, -0.15) is 5.10 Å². The van der Waals surface area contributed by atoms with E-state index < -0.39 is 0 Å². The third-order valence-electron chi connectivity index (χ3n) is 6.34. The average molecular weight is 569 g/mol. The second kappa shape index (κ2) is 10.3. The fraction of sp³-hybridized carbons (Fsp3) is 0.103. The van der Waals surface area contributed by atoms with Gasteiger partial charge in [0.05, 0.1) is 17.5 Å². The Hall–Kier alpha value is -3.75. The molecule has 0 unspecified atom stereocenters. The van der Waals surface area contributed by atoms with E-state index in [9.17, 15) is 4.79 Å². The number of aromatic amines is 1. The number of thioether (sulfide) groups is 1. The van der Waals surface area contributed by atoms with Crippen LogP contribution in [0.25, 0.3) is 22.2 Å². The molecule has 1 N–H and O–H groups in total. The minimum absolute atomic E-state index is 0.0790. The van der Waals surface area contributed by atoms with E-state index in [1.165, 1.54) is 17.1 Å². The number of nitrogens with one attached hydrogen (secondary N) is 1. The monoisotopic (exact) mass is 567 g/mol. The highest BCUT2D eigenvalue weighted by molar-refractivity contribution is 9.10. The lowest BCUT2D eigenvalue weighted by Crippen LogP contribution is -2.28. The molecule has 0 spiro atoms. The number of nitrogens with zero attached hydrogens (tertiary/aromatic N) is 4. The van der Waals surface area contributed by atoms with Crippen LogP contribution < -0.4 is 0 Å². The normalized spacial score (nSPS) is 15.2. The van der Waals surface area contributed by atoms with Crippen molar-refractivity contribution in [1.29, 1.82) is 0 Å². The van der Waals surface area contributed by atoms with Crippen LogP contribution in [-0.2, 0) is 4.79 Å². The summed E-state index contributed by atoms with van der Waals surface area (Å²) in [5.74, 6) is 0.780. The van der Waals surface area contributed by atoms with Crippen LogP contribution in [-0.4, -0.2) is 37.6 Å². The van der Waals surface area contributed by atoms with Gasteiger partial charge in [0.2, 0.25) is 5.16 Å². The molecule has 2 heterocycles. The summed E-state index contributed by atoms with van der Waals surface area (Å²) in [7, 11) is 0. The summed E-state index contributed by atoms with van der Waals surface area (Å²) >= 11 is 4.75. The second-order valence-corrected chi connectivity index (χ2v) is 10.6. The van der Waals surface area contributed by atoms with E-state index in [2.05, 4.69) is 73.6 Å². The molecule has 1 amide bonds. The number of halogens is 1. The van der Waals surface area contributed by atoms with Crippen molar-refractivity contribution in [2.24, 2.45) is 5.10 Å². The van der Waals surface area contributed by atoms with Crippen LogP contribution in [0.3, 0.4) is 0 Å². The van der Waals surface area contributed by atoms with E-state index in [1.54, 1.807) is 5.01 Å². The fourth-order valence-electron chi connectivity index (χ4n) is 4.46. The third-order valence-corrected chi connectivity index (χ3v) is 7.70. The van der Waals surface area contributed by atoms with Crippen molar-refractivity contribution in [3.05, 3.63) is 113 Å². The molecule has 5 aromatic rings. The molecule has 0 bridgehead atoms. The van der Waals surface area contributed by atoms with Crippen molar-refractivity contribution in [2.45, 2.75) is 17.6 Å². The maximum Gasteiger partial charge on any atom is 0.253 e. The van der Waals surface area contributed by atoms with Crippen LogP contribution in [0.2, 0.25) is 0 Å². The van der Waals surface area contributed by atoms with E-state index in [4.69, 9.17) is 5.10 Å². The molecule has 1 aliphatic heterocycles. The quantitative estimate of drug-likeness (QED) is 0.227. The highest BCUT2D eigenvalue weighted by Gasteiger charge is 2.33. The molecule has 0 aliphatic carbocycles. The lowest BCUT2D eigenvalue weighted by Gasteiger charge is -2.21. The fourth-order valence-corrected chi connectivity index (χ4v) is 5.37. The van der Waals surface area contributed by atoms with Gasteiger partial charge in [-0.3, -0.25) is 9.89 Å². The van der Waals surface area contributed by atoms with Gasteiger partial charge in [-0.05, 0) is 40.1 Å². The molecule has 1 atom stereocenters. The number of fused-ring (bicyclic) bond motifs is 1. The van der Waals surface area contributed by atoms with Gasteiger partial charge in [-0.15, -0.1) is 5.10 Å². The van der Waals surface area contributed by atoms with Gasteiger partial charge >= 0.3 is 0 Å². The zero-order valence-corrected chi connectivity index (χ0v) is 22.1. The summed E-state index contributed by atoms with van der Waals surface area (Å²) in [5, 5.41) is 16.6. The molecule has 0 saturated heterocycles. The Morgan fingerprint density at radius 3 is 2.46 bits per heavy atom. The standard InChI is InChI=1S/C29H22BrN5OS/c30-24-14-12-21(13-15-24)28-31-29(33-32-28)37-18-27(36)35-26(20-7-2-1-3-8-20)17-25(34-35)23-11-10-19-6-4-5-9-22(19)16-23/h1-16,26H,17-18H2,(H,31,32,33)/t26-/m1/s1. The van der Waals surface area contributed by atoms with Crippen LogP contribution in [0, 0.1) is 0 Å². The Labute approximate surface area is 226 Å². The van der Waals surface area contributed by atoms with Gasteiger partial charge in [-0.25, -0.2) is 9.99 Å². The van der Waals surface area contributed by atoms with Crippen molar-refractivity contribution in [3.8, 4) is 11.4 Å². The van der Waals surface area contributed by atoms with Crippen LogP contribution in [0.5, 0.6) is 0 Å². The molecule has 4 aromatic carbocycles. The molecular weight excluding hydrogens is 546 g/mol. The lowest BCUT2D eigenvalue weighted by molar-refractivity contribution is -0.130. The van der Waals surface area contributed by atoms with Crippen LogP contribution in [0.1, 0.15) is 23.6 Å². The minimum atomic E-state index is -0.152. The number of hydrogen-bond donors (Lipinski definition) is 1. The summed E-state index contributed by atoms with van der Waals surface area (Å²) in [4.78, 5) is 18.0. The van der Waals surface area contributed by atoms with E-state index in [0.29, 0.717) is 17.4 Å². The van der Waals surface area contributed by atoms with E-state index in [0.717, 1.165) is 32.3 Å². The molecule has 0 fully saturated rings. The first-order chi connectivity index (χ1) is 18.1. The Morgan fingerprint density at radius 1 is 0.919 bits per heavy atom. The maximum absolute atomic E-state index is 13.4. The minimum Gasteiger partial charge on any atom is -0.272 e. The maximum atomic E-state index is 13.4. The highest BCUT2D eigenvalue weighted by Crippen LogP contribution is 2.34. The lowest BCUT2D eigenvalue weighted by atomic mass is 9.97. The van der Waals surface area contributed by atoms with Gasteiger partial charge in [0.15, 0.2) is 5.82 Å². The molecular formula is C29H22BrN5OS.